The van der Waals surface area contributed by atoms with Crippen molar-refractivity contribution in [1.29, 1.82) is 0 Å². The van der Waals surface area contributed by atoms with E-state index >= 15 is 0 Å². The van der Waals surface area contributed by atoms with Gasteiger partial charge in [-0.15, -0.1) is 11.8 Å². The summed E-state index contributed by atoms with van der Waals surface area (Å²) in [6.45, 7) is 2.02. The van der Waals surface area contributed by atoms with Gasteiger partial charge in [0.1, 0.15) is 0 Å². The van der Waals surface area contributed by atoms with Crippen molar-refractivity contribution in [2.24, 2.45) is 0 Å². The van der Waals surface area contributed by atoms with Gasteiger partial charge in [0.15, 0.2) is 11.5 Å². The number of rotatable bonds is 10. The first-order chi connectivity index (χ1) is 18.5. The van der Waals surface area contributed by atoms with E-state index in [2.05, 4.69) is 5.32 Å². The van der Waals surface area contributed by atoms with Crippen LogP contribution in [0.4, 0.5) is 17.1 Å². The summed E-state index contributed by atoms with van der Waals surface area (Å²) < 4.78 is 10.5. The molecule has 0 aliphatic heterocycles. The van der Waals surface area contributed by atoms with Crippen LogP contribution in [-0.2, 0) is 4.79 Å². The largest absolute Gasteiger partial charge is 0.493 e. The van der Waals surface area contributed by atoms with Gasteiger partial charge in [0, 0.05) is 27.5 Å². The molecule has 0 aliphatic rings. The van der Waals surface area contributed by atoms with E-state index in [1.165, 1.54) is 18.9 Å². The fourth-order valence-electron chi connectivity index (χ4n) is 3.97. The second kappa shape index (κ2) is 12.8. The van der Waals surface area contributed by atoms with Crippen LogP contribution in [0.3, 0.4) is 0 Å². The lowest BCUT2D eigenvalue weighted by Gasteiger charge is -2.27. The second-order valence-corrected chi connectivity index (χ2v) is 9.68. The van der Waals surface area contributed by atoms with Crippen LogP contribution in [0.5, 0.6) is 11.5 Å². The number of nitrogens with one attached hydrogen (secondary N) is 1. The zero-order valence-corrected chi connectivity index (χ0v) is 22.4. The van der Waals surface area contributed by atoms with Gasteiger partial charge in [0.25, 0.3) is 5.91 Å². The average Bonchev–Trinajstić information content (AvgIpc) is 2.97. The third kappa shape index (κ3) is 6.36. The average molecular weight is 527 g/mol. The first kappa shape index (κ1) is 26.8. The molecule has 0 aromatic heterocycles. The molecule has 0 saturated carbocycles. The first-order valence-corrected chi connectivity index (χ1v) is 13.2. The topological polar surface area (TPSA) is 67.9 Å². The van der Waals surface area contributed by atoms with Crippen molar-refractivity contribution < 1.29 is 19.1 Å². The van der Waals surface area contributed by atoms with Gasteiger partial charge in [-0.25, -0.2) is 0 Å². The molecule has 0 aliphatic carbocycles. The Kier molecular flexibility index (Phi) is 9.06. The molecule has 0 saturated heterocycles. The Hall–Kier alpha value is -4.23. The Morgan fingerprint density at radius 2 is 1.37 bits per heavy atom. The maximum Gasteiger partial charge on any atom is 0.255 e. The Morgan fingerprint density at radius 3 is 1.89 bits per heavy atom. The number of hydrogen-bond acceptors (Lipinski definition) is 5. The summed E-state index contributed by atoms with van der Waals surface area (Å²) in [5.41, 5.74) is 2.77. The minimum absolute atomic E-state index is 0.0146. The number of para-hydroxylation sites is 2. The molecule has 1 atom stereocenters. The van der Waals surface area contributed by atoms with Gasteiger partial charge in [-0.05, 0) is 73.2 Å². The standard InChI is InChI=1S/C31H30N2O4S/c1-4-29(31(35)33(24-11-7-5-8-12-24)25-13-9-6-10-14-25)38-26-18-16-23(17-19-26)32-30(34)22-15-20-27(36-2)28(21-22)37-3/h5-21,29H,4H2,1-3H3,(H,32,34). The maximum atomic E-state index is 13.8. The molecule has 194 valence electrons. The maximum absolute atomic E-state index is 13.8. The molecule has 0 heterocycles. The van der Waals surface area contributed by atoms with E-state index in [-0.39, 0.29) is 17.1 Å². The van der Waals surface area contributed by atoms with Gasteiger partial charge in [-0.1, -0.05) is 43.3 Å². The number of hydrogen-bond donors (Lipinski definition) is 1. The highest BCUT2D eigenvalue weighted by Crippen LogP contribution is 2.33. The van der Waals surface area contributed by atoms with Crippen molar-refractivity contribution >= 4 is 40.6 Å². The first-order valence-electron chi connectivity index (χ1n) is 12.3. The number of carbonyl (C=O) groups excluding carboxylic acids is 2. The van der Waals surface area contributed by atoms with Crippen LogP contribution < -0.4 is 19.7 Å². The zero-order valence-electron chi connectivity index (χ0n) is 21.6. The quantitative estimate of drug-likeness (QED) is 0.222. The number of thioether (sulfide) groups is 1. The van der Waals surface area contributed by atoms with Crippen LogP contribution >= 0.6 is 11.8 Å². The molecule has 38 heavy (non-hydrogen) atoms. The Balaban J connectivity index is 1.47. The predicted molar refractivity (Wildman–Crippen MR) is 154 cm³/mol. The molecule has 0 spiro atoms. The summed E-state index contributed by atoms with van der Waals surface area (Å²) in [7, 11) is 3.08. The SMILES string of the molecule is CCC(Sc1ccc(NC(=O)c2ccc(OC)c(OC)c2)cc1)C(=O)N(c1ccccc1)c1ccccc1. The highest BCUT2D eigenvalue weighted by atomic mass is 32.2. The molecular formula is C31H30N2O4S. The van der Waals surface area contributed by atoms with Crippen molar-refractivity contribution in [2.45, 2.75) is 23.5 Å². The molecule has 2 amide bonds. The molecular weight excluding hydrogens is 496 g/mol. The Labute approximate surface area is 227 Å². The molecule has 6 nitrogen and oxygen atoms in total. The Bertz CT molecular complexity index is 1320. The Morgan fingerprint density at radius 1 is 0.789 bits per heavy atom. The smallest absolute Gasteiger partial charge is 0.255 e. The number of ether oxygens (including phenoxy) is 2. The van der Waals surface area contributed by atoms with Crippen LogP contribution in [0.2, 0.25) is 0 Å². The number of methoxy groups -OCH3 is 2. The van der Waals surface area contributed by atoms with Crippen LogP contribution in [0, 0.1) is 0 Å². The molecule has 4 aromatic rings. The summed E-state index contributed by atoms with van der Waals surface area (Å²) in [5.74, 6) is 0.806. The third-order valence-electron chi connectivity index (χ3n) is 5.93. The second-order valence-electron chi connectivity index (χ2n) is 8.41. The van der Waals surface area contributed by atoms with Gasteiger partial charge in [-0.2, -0.15) is 0 Å². The molecule has 4 aromatic carbocycles. The minimum Gasteiger partial charge on any atom is -0.493 e. The molecule has 4 rings (SSSR count). The summed E-state index contributed by atoms with van der Waals surface area (Å²) >= 11 is 1.51. The van der Waals surface area contributed by atoms with Gasteiger partial charge in [0.2, 0.25) is 5.91 Å². The molecule has 0 radical (unpaired) electrons. The van der Waals surface area contributed by atoms with E-state index in [0.717, 1.165) is 16.3 Å². The number of anilines is 3. The lowest BCUT2D eigenvalue weighted by Crippen LogP contribution is -2.34. The van der Waals surface area contributed by atoms with E-state index in [9.17, 15) is 9.59 Å². The normalized spacial score (nSPS) is 11.3. The number of amides is 2. The van der Waals surface area contributed by atoms with Gasteiger partial charge in [-0.3, -0.25) is 14.5 Å². The molecule has 1 N–H and O–H groups in total. The van der Waals surface area contributed by atoms with Crippen LogP contribution in [0.1, 0.15) is 23.7 Å². The van der Waals surface area contributed by atoms with E-state index in [0.29, 0.717) is 29.2 Å². The van der Waals surface area contributed by atoms with Crippen molar-refractivity contribution in [3.05, 3.63) is 109 Å². The molecule has 0 bridgehead atoms. The van der Waals surface area contributed by atoms with Crippen molar-refractivity contribution in [2.75, 3.05) is 24.4 Å². The summed E-state index contributed by atoms with van der Waals surface area (Å²) in [4.78, 5) is 29.3. The molecule has 0 fully saturated rings. The lowest BCUT2D eigenvalue weighted by molar-refractivity contribution is -0.117. The highest BCUT2D eigenvalue weighted by molar-refractivity contribution is 8.00. The van der Waals surface area contributed by atoms with E-state index in [1.807, 2.05) is 91.9 Å². The van der Waals surface area contributed by atoms with E-state index < -0.39 is 0 Å². The summed E-state index contributed by atoms with van der Waals surface area (Å²) in [6, 6.07) is 31.9. The van der Waals surface area contributed by atoms with E-state index in [4.69, 9.17) is 9.47 Å². The van der Waals surface area contributed by atoms with Crippen molar-refractivity contribution in [3.8, 4) is 11.5 Å². The summed E-state index contributed by atoms with van der Waals surface area (Å²) in [5, 5.41) is 2.62. The van der Waals surface area contributed by atoms with E-state index in [1.54, 1.807) is 30.2 Å². The number of nitrogens with zero attached hydrogens (tertiary/aromatic N) is 1. The minimum atomic E-state index is -0.289. The fourth-order valence-corrected chi connectivity index (χ4v) is 4.97. The highest BCUT2D eigenvalue weighted by Gasteiger charge is 2.26. The number of benzene rings is 4. The van der Waals surface area contributed by atoms with Gasteiger partial charge in [0.05, 0.1) is 19.5 Å². The van der Waals surface area contributed by atoms with Gasteiger partial charge < -0.3 is 14.8 Å². The van der Waals surface area contributed by atoms with Crippen LogP contribution in [0.25, 0.3) is 0 Å². The fraction of sp³-hybridized carbons (Fsp3) is 0.161. The monoisotopic (exact) mass is 526 g/mol. The van der Waals surface area contributed by atoms with Crippen molar-refractivity contribution in [1.82, 2.24) is 0 Å². The van der Waals surface area contributed by atoms with Crippen LogP contribution in [-0.4, -0.2) is 31.3 Å². The summed E-state index contributed by atoms with van der Waals surface area (Å²) in [6.07, 6.45) is 0.664. The lowest BCUT2D eigenvalue weighted by atomic mass is 10.2. The van der Waals surface area contributed by atoms with Crippen LogP contribution in [0.15, 0.2) is 108 Å². The zero-order chi connectivity index (χ0) is 26.9. The number of carbonyl (C=O) groups is 2. The molecule has 7 heteroatoms. The van der Waals surface area contributed by atoms with Crippen molar-refractivity contribution in [3.63, 3.8) is 0 Å². The predicted octanol–water partition coefficient (Wildman–Crippen LogP) is 7.19. The third-order valence-corrected chi connectivity index (χ3v) is 7.30. The van der Waals surface area contributed by atoms with Gasteiger partial charge >= 0.3 is 0 Å². The molecule has 1 unspecified atom stereocenters.